The minimum absolute atomic E-state index is 0.439. The molecular weight excluding hydrogens is 422 g/mol. The molecule has 0 atom stereocenters. The zero-order chi connectivity index (χ0) is 22.5. The van der Waals surface area contributed by atoms with Crippen molar-refractivity contribution in [2.45, 2.75) is 89.9 Å². The summed E-state index contributed by atoms with van der Waals surface area (Å²) in [6.07, 6.45) is 16.7. The Bertz CT molecular complexity index is 836. The summed E-state index contributed by atoms with van der Waals surface area (Å²) in [6.45, 7) is 2.32. The van der Waals surface area contributed by atoms with Crippen LogP contribution in [-0.2, 0) is 0 Å². The highest BCUT2D eigenvalue weighted by atomic mass is 35.5. The summed E-state index contributed by atoms with van der Waals surface area (Å²) in [6, 6.07) is 10.9. The Balaban J connectivity index is 1.24. The second kappa shape index (κ2) is 11.1. The highest BCUT2D eigenvalue weighted by Crippen LogP contribution is 2.40. The van der Waals surface area contributed by atoms with E-state index in [-0.39, 0.29) is 0 Å². The van der Waals surface area contributed by atoms with Crippen LogP contribution >= 0.6 is 11.6 Å². The minimum Gasteiger partial charge on any atom is -0.205 e. The predicted molar refractivity (Wildman–Crippen MR) is 131 cm³/mol. The van der Waals surface area contributed by atoms with E-state index in [1.807, 2.05) is 12.1 Å². The van der Waals surface area contributed by atoms with E-state index in [0.29, 0.717) is 11.5 Å². The van der Waals surface area contributed by atoms with Crippen molar-refractivity contribution >= 4 is 11.6 Å². The van der Waals surface area contributed by atoms with E-state index in [1.54, 1.807) is 0 Å². The van der Waals surface area contributed by atoms with Crippen LogP contribution in [0.25, 0.3) is 11.1 Å². The van der Waals surface area contributed by atoms with E-state index in [1.165, 1.54) is 94.7 Å². The molecule has 0 aliphatic heterocycles. The molecule has 4 rings (SSSR count). The number of rotatable bonds is 7. The van der Waals surface area contributed by atoms with Gasteiger partial charge >= 0.3 is 0 Å². The van der Waals surface area contributed by atoms with Gasteiger partial charge in [0.2, 0.25) is 0 Å². The van der Waals surface area contributed by atoms with Crippen molar-refractivity contribution in [2.24, 2.45) is 17.8 Å². The molecule has 0 radical (unpaired) electrons. The molecule has 0 bridgehead atoms. The first kappa shape index (κ1) is 23.7. The maximum Gasteiger partial charge on any atom is 0.145 e. The molecule has 0 aromatic heterocycles. The summed E-state index contributed by atoms with van der Waals surface area (Å²) >= 11 is 5.61. The van der Waals surface area contributed by atoms with E-state index in [2.05, 4.69) is 19.1 Å². The van der Waals surface area contributed by atoms with Gasteiger partial charge in [-0.2, -0.15) is 0 Å². The molecule has 2 aliphatic carbocycles. The van der Waals surface area contributed by atoms with Gasteiger partial charge in [-0.25, -0.2) is 8.78 Å². The zero-order valence-corrected chi connectivity index (χ0v) is 20.1. The van der Waals surface area contributed by atoms with Crippen molar-refractivity contribution in [2.75, 3.05) is 0 Å². The molecule has 0 heterocycles. The van der Waals surface area contributed by atoms with Gasteiger partial charge in [0.15, 0.2) is 0 Å². The van der Waals surface area contributed by atoms with Crippen molar-refractivity contribution in [3.8, 4) is 11.1 Å². The SMILES string of the molecule is CCC[C@H]1CC[C@H](CC[C@H]2CC[C@H](c3ccc(-c4cc(F)c(Cl)c(F)c4)cc3)CC2)CC1. The summed E-state index contributed by atoms with van der Waals surface area (Å²) in [5.41, 5.74) is 2.71. The van der Waals surface area contributed by atoms with Crippen LogP contribution in [0.4, 0.5) is 8.78 Å². The van der Waals surface area contributed by atoms with Gasteiger partial charge in [-0.15, -0.1) is 0 Å². The Hall–Kier alpha value is -1.41. The molecule has 32 heavy (non-hydrogen) atoms. The van der Waals surface area contributed by atoms with Crippen molar-refractivity contribution < 1.29 is 8.78 Å². The fourth-order valence-electron chi connectivity index (χ4n) is 6.14. The van der Waals surface area contributed by atoms with E-state index < -0.39 is 16.7 Å². The van der Waals surface area contributed by atoms with Crippen LogP contribution in [0.15, 0.2) is 36.4 Å². The van der Waals surface area contributed by atoms with Gasteiger partial charge in [-0.1, -0.05) is 94.2 Å². The Morgan fingerprint density at radius 2 is 1.16 bits per heavy atom. The largest absolute Gasteiger partial charge is 0.205 e. The Labute approximate surface area is 197 Å². The van der Waals surface area contributed by atoms with Crippen molar-refractivity contribution in [3.63, 3.8) is 0 Å². The highest BCUT2D eigenvalue weighted by Gasteiger charge is 2.25. The van der Waals surface area contributed by atoms with Crippen LogP contribution in [-0.4, -0.2) is 0 Å². The monoisotopic (exact) mass is 458 g/mol. The Morgan fingerprint density at radius 3 is 1.66 bits per heavy atom. The molecule has 0 saturated heterocycles. The standard InChI is InChI=1S/C29H37ClF2/c1-2-3-20-4-6-21(7-5-20)8-9-22-10-12-23(13-11-22)24-14-16-25(17-15-24)26-18-27(31)29(30)28(32)19-26/h14-23H,2-13H2,1H3/t20-,21-,22-,23-. The van der Waals surface area contributed by atoms with E-state index in [4.69, 9.17) is 11.6 Å². The second-order valence-electron chi connectivity index (χ2n) is 10.3. The lowest BCUT2D eigenvalue weighted by atomic mass is 9.74. The molecule has 0 N–H and O–H groups in total. The van der Waals surface area contributed by atoms with Crippen LogP contribution < -0.4 is 0 Å². The Morgan fingerprint density at radius 1 is 0.688 bits per heavy atom. The maximum atomic E-state index is 13.8. The first-order valence-corrected chi connectivity index (χ1v) is 13.2. The Kier molecular flexibility index (Phi) is 8.27. The van der Waals surface area contributed by atoms with Crippen LogP contribution in [0, 0.1) is 29.4 Å². The van der Waals surface area contributed by atoms with Crippen molar-refractivity contribution in [3.05, 3.63) is 58.6 Å². The molecule has 2 saturated carbocycles. The number of hydrogen-bond donors (Lipinski definition) is 0. The molecule has 0 unspecified atom stereocenters. The number of hydrogen-bond acceptors (Lipinski definition) is 0. The molecule has 2 aromatic carbocycles. The fraction of sp³-hybridized carbons (Fsp3) is 0.586. The summed E-state index contributed by atoms with van der Waals surface area (Å²) in [4.78, 5) is 0. The van der Waals surface area contributed by atoms with Crippen LogP contribution in [0.1, 0.15) is 95.5 Å². The molecule has 0 nitrogen and oxygen atoms in total. The third-order valence-electron chi connectivity index (χ3n) is 8.19. The third-order valence-corrected chi connectivity index (χ3v) is 8.55. The second-order valence-corrected chi connectivity index (χ2v) is 10.7. The summed E-state index contributed by atoms with van der Waals surface area (Å²) in [7, 11) is 0. The van der Waals surface area contributed by atoms with Gasteiger partial charge in [0.05, 0.1) is 0 Å². The topological polar surface area (TPSA) is 0 Å². The molecule has 3 heteroatoms. The van der Waals surface area contributed by atoms with Gasteiger partial charge in [0, 0.05) is 0 Å². The fourth-order valence-corrected chi connectivity index (χ4v) is 6.25. The molecule has 0 spiro atoms. The number of halogens is 3. The summed E-state index contributed by atoms with van der Waals surface area (Å²) in [5.74, 6) is 2.09. The number of benzene rings is 2. The van der Waals surface area contributed by atoms with Crippen LogP contribution in [0.5, 0.6) is 0 Å². The zero-order valence-electron chi connectivity index (χ0n) is 19.4. The van der Waals surface area contributed by atoms with Gasteiger partial charge in [-0.05, 0) is 78.2 Å². The lowest BCUT2D eigenvalue weighted by Crippen LogP contribution is -2.17. The van der Waals surface area contributed by atoms with Crippen LogP contribution in [0.3, 0.4) is 0 Å². The molecule has 2 aliphatic rings. The highest BCUT2D eigenvalue weighted by molar-refractivity contribution is 6.31. The van der Waals surface area contributed by atoms with Gasteiger partial charge < -0.3 is 0 Å². The quantitative estimate of drug-likeness (QED) is 0.362. The average Bonchev–Trinajstić information content (AvgIpc) is 2.82. The molecule has 2 aromatic rings. The lowest BCUT2D eigenvalue weighted by Gasteiger charge is -2.32. The summed E-state index contributed by atoms with van der Waals surface area (Å²) < 4.78 is 27.6. The van der Waals surface area contributed by atoms with Gasteiger partial charge in [0.25, 0.3) is 0 Å². The van der Waals surface area contributed by atoms with Crippen molar-refractivity contribution in [1.82, 2.24) is 0 Å². The molecule has 174 valence electrons. The van der Waals surface area contributed by atoms with Crippen molar-refractivity contribution in [1.29, 1.82) is 0 Å². The molecule has 2 fully saturated rings. The maximum absolute atomic E-state index is 13.8. The molecular formula is C29H37ClF2. The summed E-state index contributed by atoms with van der Waals surface area (Å²) in [5, 5.41) is -0.439. The van der Waals surface area contributed by atoms with Gasteiger partial charge in [0.1, 0.15) is 16.7 Å². The lowest BCUT2D eigenvalue weighted by molar-refractivity contribution is 0.224. The van der Waals surface area contributed by atoms with Gasteiger partial charge in [-0.3, -0.25) is 0 Å². The van der Waals surface area contributed by atoms with Crippen LogP contribution in [0.2, 0.25) is 5.02 Å². The third kappa shape index (κ3) is 5.93. The minimum atomic E-state index is -0.710. The normalized spacial score (nSPS) is 26.2. The van der Waals surface area contributed by atoms with E-state index >= 15 is 0 Å². The smallest absolute Gasteiger partial charge is 0.145 e. The van der Waals surface area contributed by atoms with E-state index in [0.717, 1.165) is 23.3 Å². The molecule has 0 amide bonds. The predicted octanol–water partition coefficient (Wildman–Crippen LogP) is 9.95. The first-order valence-electron chi connectivity index (χ1n) is 12.8. The first-order chi connectivity index (χ1) is 15.5. The van der Waals surface area contributed by atoms with E-state index in [9.17, 15) is 8.78 Å². The average molecular weight is 459 g/mol.